The third kappa shape index (κ3) is 2.20. The highest BCUT2D eigenvalue weighted by Gasteiger charge is 2.33. The topological polar surface area (TPSA) is 54.0 Å². The van der Waals surface area contributed by atoms with Crippen molar-refractivity contribution in [1.82, 2.24) is 10.3 Å². The lowest BCUT2D eigenvalue weighted by Gasteiger charge is -2.27. The fraction of sp³-hybridized carbons (Fsp3) is 0.412. The van der Waals surface area contributed by atoms with Gasteiger partial charge in [-0.1, -0.05) is 13.3 Å². The van der Waals surface area contributed by atoms with Crippen molar-refractivity contribution in [3.05, 3.63) is 46.1 Å². The lowest BCUT2D eigenvalue weighted by atomic mass is 9.85. The molecule has 0 spiro atoms. The van der Waals surface area contributed by atoms with Gasteiger partial charge in [-0.2, -0.15) is 0 Å². The van der Waals surface area contributed by atoms with Gasteiger partial charge in [0.2, 0.25) is 0 Å². The maximum absolute atomic E-state index is 12.6. The predicted molar refractivity (Wildman–Crippen MR) is 88.2 cm³/mol. The van der Waals surface area contributed by atoms with E-state index in [2.05, 4.69) is 22.5 Å². The lowest BCUT2D eigenvalue weighted by molar-refractivity contribution is 0.0935. The number of hydrogen-bond acceptors (Lipinski definition) is 4. The smallest absolute Gasteiger partial charge is 0.256 e. The minimum absolute atomic E-state index is 0.0583. The first-order valence-electron chi connectivity index (χ1n) is 7.88. The number of hydrogen-bond donors (Lipinski definition) is 2. The Morgan fingerprint density at radius 3 is 2.91 bits per heavy atom. The second kappa shape index (κ2) is 5.39. The Balaban J connectivity index is 1.68. The number of pyridine rings is 1. The zero-order valence-electron chi connectivity index (χ0n) is 12.6. The maximum atomic E-state index is 12.6. The third-order valence-corrected chi connectivity index (χ3v) is 5.95. The van der Waals surface area contributed by atoms with Gasteiger partial charge in [-0.05, 0) is 48.4 Å². The molecule has 0 saturated carbocycles. The number of nitrogens with one attached hydrogen (secondary N) is 2. The van der Waals surface area contributed by atoms with Crippen LogP contribution in [-0.2, 0) is 12.8 Å². The number of carbonyl (C=O) groups excluding carboxylic acids is 1. The number of rotatable bonds is 2. The van der Waals surface area contributed by atoms with Gasteiger partial charge >= 0.3 is 0 Å². The molecule has 4 rings (SSSR count). The molecular weight excluding hydrogens is 294 g/mol. The van der Waals surface area contributed by atoms with Crippen LogP contribution in [0.2, 0.25) is 0 Å². The predicted octanol–water partition coefficient (Wildman–Crippen LogP) is 3.51. The van der Waals surface area contributed by atoms with Crippen LogP contribution in [0.15, 0.2) is 24.5 Å². The van der Waals surface area contributed by atoms with E-state index >= 15 is 0 Å². The van der Waals surface area contributed by atoms with Crippen molar-refractivity contribution >= 4 is 22.2 Å². The molecule has 0 aromatic carbocycles. The Hall–Kier alpha value is -1.88. The lowest BCUT2D eigenvalue weighted by Crippen LogP contribution is -2.38. The number of anilines is 1. The molecule has 0 fully saturated rings. The van der Waals surface area contributed by atoms with Crippen LogP contribution in [0.4, 0.5) is 5.00 Å². The van der Waals surface area contributed by atoms with Crippen molar-refractivity contribution in [1.29, 1.82) is 0 Å². The van der Waals surface area contributed by atoms with Gasteiger partial charge in [-0.15, -0.1) is 11.3 Å². The number of carbonyl (C=O) groups is 1. The summed E-state index contributed by atoms with van der Waals surface area (Å²) in [6, 6.07) is 3.87. The fourth-order valence-electron chi connectivity index (χ4n) is 3.44. The van der Waals surface area contributed by atoms with E-state index < -0.39 is 0 Å². The SMILES string of the molecule is CC[C@@H]1CCc2c(sc3c2C(=O)N[C@H](c2ccncc2)N3)C1. The molecule has 114 valence electrons. The Morgan fingerprint density at radius 2 is 2.14 bits per heavy atom. The molecule has 1 aliphatic heterocycles. The summed E-state index contributed by atoms with van der Waals surface area (Å²) in [6.07, 6.45) is 7.93. The fourth-order valence-corrected chi connectivity index (χ4v) is 4.83. The van der Waals surface area contributed by atoms with Crippen LogP contribution in [0.1, 0.15) is 52.3 Å². The summed E-state index contributed by atoms with van der Waals surface area (Å²) in [4.78, 5) is 18.0. The van der Waals surface area contributed by atoms with Crippen LogP contribution in [0.3, 0.4) is 0 Å². The van der Waals surface area contributed by atoms with E-state index in [0.717, 1.165) is 34.9 Å². The molecular formula is C17H19N3OS. The Morgan fingerprint density at radius 1 is 1.32 bits per heavy atom. The first-order chi connectivity index (χ1) is 10.8. The van der Waals surface area contributed by atoms with Crippen LogP contribution in [-0.4, -0.2) is 10.9 Å². The zero-order valence-corrected chi connectivity index (χ0v) is 13.4. The molecule has 0 bridgehead atoms. The average Bonchev–Trinajstić information content (AvgIpc) is 2.93. The third-order valence-electron chi connectivity index (χ3n) is 4.76. The molecule has 2 aromatic rings. The van der Waals surface area contributed by atoms with Crippen molar-refractivity contribution in [2.45, 2.75) is 38.8 Å². The van der Waals surface area contributed by atoms with Gasteiger partial charge in [-0.3, -0.25) is 9.78 Å². The molecule has 2 atom stereocenters. The monoisotopic (exact) mass is 313 g/mol. The van der Waals surface area contributed by atoms with E-state index in [1.807, 2.05) is 12.1 Å². The molecule has 1 aliphatic carbocycles. The molecule has 3 heterocycles. The average molecular weight is 313 g/mol. The van der Waals surface area contributed by atoms with Crippen LogP contribution in [0, 0.1) is 5.92 Å². The van der Waals surface area contributed by atoms with Crippen LogP contribution in [0.25, 0.3) is 0 Å². The molecule has 2 N–H and O–H groups in total. The van der Waals surface area contributed by atoms with Crippen molar-refractivity contribution in [2.24, 2.45) is 5.92 Å². The highest BCUT2D eigenvalue weighted by atomic mass is 32.1. The summed E-state index contributed by atoms with van der Waals surface area (Å²) in [5, 5.41) is 7.61. The van der Waals surface area contributed by atoms with Gasteiger partial charge in [0.1, 0.15) is 11.2 Å². The first kappa shape index (κ1) is 13.8. The van der Waals surface area contributed by atoms with E-state index in [9.17, 15) is 4.79 Å². The summed E-state index contributed by atoms with van der Waals surface area (Å²) >= 11 is 1.77. The minimum Gasteiger partial charge on any atom is -0.353 e. The van der Waals surface area contributed by atoms with Gasteiger partial charge in [0.05, 0.1) is 5.56 Å². The molecule has 4 nitrogen and oxygen atoms in total. The summed E-state index contributed by atoms with van der Waals surface area (Å²) in [6.45, 7) is 2.26. The summed E-state index contributed by atoms with van der Waals surface area (Å²) < 4.78 is 0. The van der Waals surface area contributed by atoms with E-state index in [4.69, 9.17) is 0 Å². The van der Waals surface area contributed by atoms with Gasteiger partial charge in [-0.25, -0.2) is 0 Å². The largest absolute Gasteiger partial charge is 0.353 e. The van der Waals surface area contributed by atoms with Crippen LogP contribution < -0.4 is 10.6 Å². The quantitative estimate of drug-likeness (QED) is 0.892. The van der Waals surface area contributed by atoms with E-state index in [1.165, 1.54) is 23.3 Å². The van der Waals surface area contributed by atoms with E-state index in [0.29, 0.717) is 0 Å². The second-order valence-electron chi connectivity index (χ2n) is 6.06. The highest BCUT2D eigenvalue weighted by Crippen LogP contribution is 2.43. The van der Waals surface area contributed by atoms with Crippen LogP contribution >= 0.6 is 11.3 Å². The zero-order chi connectivity index (χ0) is 15.1. The van der Waals surface area contributed by atoms with Gasteiger partial charge in [0, 0.05) is 17.3 Å². The molecule has 0 radical (unpaired) electrons. The molecule has 2 aromatic heterocycles. The Labute approximate surface area is 134 Å². The molecule has 2 aliphatic rings. The van der Waals surface area contributed by atoms with Crippen molar-refractivity contribution in [3.63, 3.8) is 0 Å². The van der Waals surface area contributed by atoms with Crippen molar-refractivity contribution in [3.8, 4) is 0 Å². The standard InChI is InChI=1S/C17H19N3OS/c1-2-10-3-4-12-13(9-10)22-17-14(12)16(21)19-15(20-17)11-5-7-18-8-6-11/h5-8,10,15,20H,2-4,9H2,1H3,(H,19,21)/t10-,15+/m1/s1. The first-order valence-corrected chi connectivity index (χ1v) is 8.69. The van der Waals surface area contributed by atoms with Crippen LogP contribution in [0.5, 0.6) is 0 Å². The summed E-state index contributed by atoms with van der Waals surface area (Å²) in [5.74, 6) is 0.828. The van der Waals surface area contributed by atoms with Crippen molar-refractivity contribution < 1.29 is 4.79 Å². The van der Waals surface area contributed by atoms with Gasteiger partial charge in [0.15, 0.2) is 0 Å². The summed E-state index contributed by atoms with van der Waals surface area (Å²) in [7, 11) is 0. The normalized spacial score (nSPS) is 23.2. The minimum atomic E-state index is -0.162. The number of aromatic nitrogens is 1. The molecule has 22 heavy (non-hydrogen) atoms. The van der Waals surface area contributed by atoms with Crippen molar-refractivity contribution in [2.75, 3.05) is 5.32 Å². The number of thiophene rings is 1. The summed E-state index contributed by atoms with van der Waals surface area (Å²) in [5.41, 5.74) is 3.20. The van der Waals surface area contributed by atoms with Gasteiger partial charge in [0.25, 0.3) is 5.91 Å². The number of nitrogens with zero attached hydrogens (tertiary/aromatic N) is 1. The molecule has 0 saturated heterocycles. The highest BCUT2D eigenvalue weighted by molar-refractivity contribution is 7.16. The number of fused-ring (bicyclic) bond motifs is 3. The Bertz CT molecular complexity index is 710. The number of amides is 1. The Kier molecular flexibility index (Phi) is 3.37. The molecule has 0 unspecified atom stereocenters. The van der Waals surface area contributed by atoms with E-state index in [-0.39, 0.29) is 12.1 Å². The maximum Gasteiger partial charge on any atom is 0.256 e. The molecule has 1 amide bonds. The second-order valence-corrected chi connectivity index (χ2v) is 7.16. The van der Waals surface area contributed by atoms with Gasteiger partial charge < -0.3 is 10.6 Å². The van der Waals surface area contributed by atoms with E-state index in [1.54, 1.807) is 23.7 Å². The molecule has 5 heteroatoms.